The van der Waals surface area contributed by atoms with Crippen molar-refractivity contribution in [1.29, 1.82) is 5.26 Å². The number of ketones is 1. The lowest BCUT2D eigenvalue weighted by Gasteiger charge is -2.35. The van der Waals surface area contributed by atoms with Gasteiger partial charge in [0.05, 0.1) is 22.9 Å². The Hall–Kier alpha value is -3.33. The van der Waals surface area contributed by atoms with Crippen molar-refractivity contribution in [3.8, 4) is 17.2 Å². The highest BCUT2D eigenvalue weighted by Crippen LogP contribution is 2.44. The third-order valence-electron chi connectivity index (χ3n) is 8.94. The highest BCUT2D eigenvalue weighted by Gasteiger charge is 2.52. The van der Waals surface area contributed by atoms with Crippen LogP contribution >= 0.6 is 0 Å². The lowest BCUT2D eigenvalue weighted by molar-refractivity contribution is -0.126. The predicted molar refractivity (Wildman–Crippen MR) is 164 cm³/mol. The first-order chi connectivity index (χ1) is 20.8. The van der Waals surface area contributed by atoms with E-state index in [1.165, 1.54) is 10.4 Å². The lowest BCUT2D eigenvalue weighted by Crippen LogP contribution is -2.51. The van der Waals surface area contributed by atoms with Crippen LogP contribution < -0.4 is 0 Å². The number of carbonyl (C=O) groups is 2. The average molecular weight is 625 g/mol. The number of carbonyl (C=O) groups excluding carboxylic acids is 2. The van der Waals surface area contributed by atoms with Gasteiger partial charge in [-0.15, -0.1) is 0 Å². The second kappa shape index (κ2) is 12.6. The highest BCUT2D eigenvalue weighted by atomic mass is 32.2. The Morgan fingerprint density at radius 2 is 1.77 bits per heavy atom. The molecule has 11 heteroatoms. The Morgan fingerprint density at radius 3 is 2.43 bits per heavy atom. The number of hydrogen-bond donors (Lipinski definition) is 0. The van der Waals surface area contributed by atoms with Crippen LogP contribution in [0.3, 0.4) is 0 Å². The number of likely N-dealkylation sites (tertiary alicyclic amines) is 1. The van der Waals surface area contributed by atoms with Crippen molar-refractivity contribution in [3.63, 3.8) is 0 Å². The van der Waals surface area contributed by atoms with Gasteiger partial charge >= 0.3 is 6.09 Å². The minimum atomic E-state index is -3.68. The summed E-state index contributed by atoms with van der Waals surface area (Å²) in [5.74, 6) is -1.44. The van der Waals surface area contributed by atoms with Gasteiger partial charge in [-0.1, -0.05) is 24.3 Å². The summed E-state index contributed by atoms with van der Waals surface area (Å²) >= 11 is 0. The summed E-state index contributed by atoms with van der Waals surface area (Å²) in [5.41, 5.74) is 0.689. The van der Waals surface area contributed by atoms with Crippen LogP contribution in [-0.4, -0.2) is 85.3 Å². The average Bonchev–Trinajstić information content (AvgIpc) is 3.59. The molecule has 1 amide bonds. The Kier molecular flexibility index (Phi) is 9.17. The molecule has 4 atom stereocenters. The first kappa shape index (κ1) is 32.1. The van der Waals surface area contributed by atoms with E-state index in [4.69, 9.17) is 4.74 Å². The maximum atomic E-state index is 15.4. The zero-order chi connectivity index (χ0) is 31.8. The summed E-state index contributed by atoms with van der Waals surface area (Å²) in [6, 6.07) is 12.6. The molecule has 3 fully saturated rings. The molecule has 1 aliphatic carbocycles. The van der Waals surface area contributed by atoms with Crippen molar-refractivity contribution in [2.75, 3.05) is 33.2 Å². The van der Waals surface area contributed by atoms with Gasteiger partial charge in [0.15, 0.2) is 5.78 Å². The number of piperidine rings is 1. The maximum absolute atomic E-state index is 15.4. The molecule has 0 radical (unpaired) electrons. The van der Waals surface area contributed by atoms with Gasteiger partial charge in [0.2, 0.25) is 10.0 Å². The van der Waals surface area contributed by atoms with E-state index in [1.807, 2.05) is 7.05 Å². The highest BCUT2D eigenvalue weighted by molar-refractivity contribution is 7.89. The number of nitriles is 1. The van der Waals surface area contributed by atoms with Crippen LogP contribution in [0.4, 0.5) is 9.18 Å². The van der Waals surface area contributed by atoms with E-state index in [1.54, 1.807) is 62.1 Å². The van der Waals surface area contributed by atoms with Crippen LogP contribution in [0.1, 0.15) is 52.0 Å². The summed E-state index contributed by atoms with van der Waals surface area (Å²) in [4.78, 5) is 30.3. The summed E-state index contributed by atoms with van der Waals surface area (Å²) in [6.45, 7) is 7.50. The molecule has 0 N–H and O–H groups in total. The molecule has 2 saturated heterocycles. The van der Waals surface area contributed by atoms with Crippen LogP contribution in [-0.2, 0) is 26.0 Å². The number of fused-ring (bicyclic) bond motifs is 2. The number of nitrogens with zero attached hydrogens (tertiary/aromatic N) is 4. The molecule has 236 valence electrons. The number of rotatable bonds is 8. The first-order valence-electron chi connectivity index (χ1n) is 15.3. The van der Waals surface area contributed by atoms with E-state index in [-0.39, 0.29) is 35.5 Å². The molecule has 0 aromatic heterocycles. The molecule has 3 aliphatic rings. The van der Waals surface area contributed by atoms with Gasteiger partial charge in [0, 0.05) is 38.6 Å². The molecule has 0 unspecified atom stereocenters. The van der Waals surface area contributed by atoms with Crippen molar-refractivity contribution in [2.45, 2.75) is 75.5 Å². The molecular formula is C33H41FN4O5S. The van der Waals surface area contributed by atoms with Crippen LogP contribution in [0.15, 0.2) is 47.4 Å². The molecular weight excluding hydrogens is 583 g/mol. The minimum Gasteiger partial charge on any atom is -0.444 e. The molecule has 2 bridgehead atoms. The predicted octanol–water partition coefficient (Wildman–Crippen LogP) is 4.86. The Balaban J connectivity index is 1.27. The Bertz CT molecular complexity index is 1560. The molecule has 0 spiro atoms. The number of ether oxygens (including phenoxy) is 1. The lowest BCUT2D eigenvalue weighted by atomic mass is 9.87. The number of piperazine rings is 1. The molecule has 9 nitrogen and oxygen atoms in total. The molecule has 2 aliphatic heterocycles. The van der Waals surface area contributed by atoms with Gasteiger partial charge in [0.1, 0.15) is 11.4 Å². The number of hydrogen-bond acceptors (Lipinski definition) is 7. The van der Waals surface area contributed by atoms with Crippen molar-refractivity contribution in [1.82, 2.24) is 14.1 Å². The first-order valence-corrected chi connectivity index (χ1v) is 16.7. The van der Waals surface area contributed by atoms with Crippen molar-refractivity contribution in [3.05, 3.63) is 53.8 Å². The zero-order valence-electron chi connectivity index (χ0n) is 25.8. The standard InChI is InChI=1S/C33H41FN4O5S/c1-33(2,3)43-32(40)38-27-11-10-26(18-27)31(38)30(39)17-22(21-35)16-25-9-8-24(20-29(25)34)23-6-5-7-28(19-23)44(41,42)37-14-12-36(4)13-15-37/h5-9,19-20,22,26-27,31H,10-18H2,1-4H3/t22-,26+,27-,31+/m1/s1. The van der Waals surface area contributed by atoms with E-state index >= 15 is 4.39 Å². The van der Waals surface area contributed by atoms with Gasteiger partial charge < -0.3 is 9.64 Å². The number of likely N-dealkylation sites (N-methyl/N-ethyl adjacent to an activating group) is 1. The third kappa shape index (κ3) is 6.82. The van der Waals surface area contributed by atoms with E-state index in [0.717, 1.165) is 19.3 Å². The van der Waals surface area contributed by atoms with Crippen molar-refractivity contribution in [2.24, 2.45) is 11.8 Å². The quantitative estimate of drug-likeness (QED) is 0.413. The SMILES string of the molecule is CN1CCN(S(=O)(=O)c2cccc(-c3ccc(C[C@@H](C#N)CC(=O)[C@@H]4[C@H]5CC[C@H](C5)N4C(=O)OC(C)(C)C)c(F)c3)c2)CC1. The summed E-state index contributed by atoms with van der Waals surface area (Å²) in [6.07, 6.45) is 1.89. The van der Waals surface area contributed by atoms with E-state index in [9.17, 15) is 23.3 Å². The number of sulfonamides is 1. The fraction of sp³-hybridized carbons (Fsp3) is 0.545. The Labute approximate surface area is 259 Å². The van der Waals surface area contributed by atoms with E-state index < -0.39 is 39.5 Å². The fourth-order valence-corrected chi connectivity index (χ4v) is 8.15. The normalized spacial score (nSPS) is 23.4. The van der Waals surface area contributed by atoms with E-state index in [2.05, 4.69) is 11.0 Å². The molecule has 1 saturated carbocycles. The molecule has 2 aromatic carbocycles. The van der Waals surface area contributed by atoms with Crippen LogP contribution in [0.2, 0.25) is 0 Å². The monoisotopic (exact) mass is 624 g/mol. The third-order valence-corrected chi connectivity index (χ3v) is 10.8. The topological polar surface area (TPSA) is 111 Å². The summed E-state index contributed by atoms with van der Waals surface area (Å²) < 4.78 is 48.9. The number of Topliss-reactive ketones (excluding diaryl/α,β-unsaturated/α-hetero) is 1. The molecule has 2 heterocycles. The molecule has 44 heavy (non-hydrogen) atoms. The number of amides is 1. The zero-order valence-corrected chi connectivity index (χ0v) is 26.6. The van der Waals surface area contributed by atoms with Crippen LogP contribution in [0.5, 0.6) is 0 Å². The van der Waals surface area contributed by atoms with E-state index in [0.29, 0.717) is 42.9 Å². The Morgan fingerprint density at radius 1 is 1.07 bits per heavy atom. The molecule has 2 aromatic rings. The largest absolute Gasteiger partial charge is 0.444 e. The summed E-state index contributed by atoms with van der Waals surface area (Å²) in [7, 11) is -1.72. The summed E-state index contributed by atoms with van der Waals surface area (Å²) in [5, 5.41) is 9.90. The van der Waals surface area contributed by atoms with Crippen molar-refractivity contribution < 1.29 is 27.1 Å². The van der Waals surface area contributed by atoms with Gasteiger partial charge in [0.25, 0.3) is 0 Å². The van der Waals surface area contributed by atoms with Gasteiger partial charge in [-0.05, 0) is 94.3 Å². The second-order valence-electron chi connectivity index (χ2n) is 13.3. The van der Waals surface area contributed by atoms with Gasteiger partial charge in [-0.25, -0.2) is 17.6 Å². The van der Waals surface area contributed by atoms with Gasteiger partial charge in [-0.3, -0.25) is 9.69 Å². The number of benzene rings is 2. The smallest absolute Gasteiger partial charge is 0.411 e. The van der Waals surface area contributed by atoms with Crippen molar-refractivity contribution >= 4 is 21.9 Å². The second-order valence-corrected chi connectivity index (χ2v) is 15.2. The van der Waals surface area contributed by atoms with Crippen LogP contribution in [0.25, 0.3) is 11.1 Å². The molecule has 5 rings (SSSR count). The minimum absolute atomic E-state index is 0.0376. The number of halogens is 1. The maximum Gasteiger partial charge on any atom is 0.411 e. The fourth-order valence-electron chi connectivity index (χ4n) is 6.68. The van der Waals surface area contributed by atoms with Gasteiger partial charge in [-0.2, -0.15) is 9.57 Å². The van der Waals surface area contributed by atoms with Crippen LogP contribution in [0, 0.1) is 29.0 Å².